The van der Waals surface area contributed by atoms with Crippen molar-refractivity contribution in [2.45, 2.75) is 90.9 Å². The van der Waals surface area contributed by atoms with E-state index in [-0.39, 0.29) is 22.1 Å². The Kier molecular flexibility index (Phi) is 8.44. The van der Waals surface area contributed by atoms with E-state index in [0.717, 1.165) is 36.8 Å². The number of carbonyl (C=O) groups excluding carboxylic acids is 1. The minimum atomic E-state index is -4.37. The van der Waals surface area contributed by atoms with E-state index >= 15 is 0 Å². The highest BCUT2D eigenvalue weighted by atomic mass is 32.2. The van der Waals surface area contributed by atoms with Crippen LogP contribution in [0.2, 0.25) is 0 Å². The summed E-state index contributed by atoms with van der Waals surface area (Å²) in [4.78, 5) is 12.2. The number of hydrogen-bond acceptors (Lipinski definition) is 5. The van der Waals surface area contributed by atoms with Crippen LogP contribution in [0.3, 0.4) is 0 Å². The van der Waals surface area contributed by atoms with E-state index in [1.165, 1.54) is 6.07 Å². The van der Waals surface area contributed by atoms with E-state index in [9.17, 15) is 23.4 Å². The van der Waals surface area contributed by atoms with Crippen molar-refractivity contribution in [1.82, 2.24) is 4.72 Å². The highest BCUT2D eigenvalue weighted by molar-refractivity contribution is 7.90. The lowest BCUT2D eigenvalue weighted by Gasteiger charge is -2.32. The van der Waals surface area contributed by atoms with Gasteiger partial charge in [-0.3, -0.25) is 4.79 Å². The average Bonchev–Trinajstić information content (AvgIpc) is 2.66. The molecule has 0 unspecified atom stereocenters. The second kappa shape index (κ2) is 10.3. The summed E-state index contributed by atoms with van der Waals surface area (Å²) in [5.41, 5.74) is 1.55. The van der Waals surface area contributed by atoms with Crippen molar-refractivity contribution in [2.24, 2.45) is 11.3 Å². The monoisotopic (exact) mass is 477 g/mol. The largest absolute Gasteiger partial charge is 0.507 e. The standard InChI is InChI=1S/C26H39NO5S/c1-8-9-10-11-18-15-21(28)22(20-14-17(4)12-13-19(20)16(2)3)23(29)24(18)33(31,32)27-25(30)26(5,6)7/h14-15,19-20,28-29H,2,8-13H2,1,3-7H3,(H,27,30)/t19-,20+/m0/s1. The van der Waals surface area contributed by atoms with Crippen LogP contribution >= 0.6 is 0 Å². The van der Waals surface area contributed by atoms with Crippen LogP contribution in [0.1, 0.15) is 90.7 Å². The lowest BCUT2D eigenvalue weighted by atomic mass is 9.73. The van der Waals surface area contributed by atoms with Gasteiger partial charge in [-0.25, -0.2) is 13.1 Å². The average molecular weight is 478 g/mol. The first-order valence-electron chi connectivity index (χ1n) is 11.7. The van der Waals surface area contributed by atoms with Crippen LogP contribution in [-0.4, -0.2) is 24.5 Å². The molecule has 2 atom stereocenters. The minimum absolute atomic E-state index is 0.0452. The number of nitrogens with one attached hydrogen (secondary N) is 1. The molecule has 1 aromatic rings. The maximum absolute atomic E-state index is 13.4. The summed E-state index contributed by atoms with van der Waals surface area (Å²) >= 11 is 0. The van der Waals surface area contributed by atoms with Crippen molar-refractivity contribution in [2.75, 3.05) is 0 Å². The number of rotatable bonds is 8. The van der Waals surface area contributed by atoms with Gasteiger partial charge < -0.3 is 10.2 Å². The van der Waals surface area contributed by atoms with Crippen molar-refractivity contribution in [3.63, 3.8) is 0 Å². The molecule has 33 heavy (non-hydrogen) atoms. The molecule has 0 aromatic heterocycles. The zero-order valence-corrected chi connectivity index (χ0v) is 21.6. The van der Waals surface area contributed by atoms with Crippen LogP contribution in [0, 0.1) is 11.3 Å². The van der Waals surface area contributed by atoms with Gasteiger partial charge in [-0.15, -0.1) is 0 Å². The third-order valence-electron chi connectivity index (χ3n) is 6.29. The summed E-state index contributed by atoms with van der Waals surface area (Å²) in [5, 5.41) is 22.3. The zero-order valence-electron chi connectivity index (χ0n) is 20.8. The molecule has 1 aliphatic rings. The maximum Gasteiger partial charge on any atom is 0.268 e. The van der Waals surface area contributed by atoms with Gasteiger partial charge in [0.2, 0.25) is 5.91 Å². The van der Waals surface area contributed by atoms with Gasteiger partial charge >= 0.3 is 0 Å². The Bertz CT molecular complexity index is 1050. The van der Waals surface area contributed by atoms with Crippen LogP contribution in [0.4, 0.5) is 0 Å². The predicted molar refractivity (Wildman–Crippen MR) is 132 cm³/mol. The molecule has 3 N–H and O–H groups in total. The second-order valence-corrected chi connectivity index (χ2v) is 11.9. The number of phenolic OH excluding ortho intramolecular Hbond substituents is 2. The maximum atomic E-state index is 13.4. The molecule has 0 radical (unpaired) electrons. The Morgan fingerprint density at radius 3 is 2.42 bits per heavy atom. The highest BCUT2D eigenvalue weighted by Crippen LogP contribution is 2.49. The molecule has 0 bridgehead atoms. The lowest BCUT2D eigenvalue weighted by molar-refractivity contribution is -0.126. The van der Waals surface area contributed by atoms with E-state index in [0.29, 0.717) is 18.4 Å². The number of amides is 1. The molecule has 2 rings (SSSR count). The fourth-order valence-electron chi connectivity index (χ4n) is 4.32. The van der Waals surface area contributed by atoms with Crippen LogP contribution in [0.25, 0.3) is 0 Å². The second-order valence-electron chi connectivity index (χ2n) is 10.3. The number of unbranched alkanes of at least 4 members (excludes halogenated alkanes) is 2. The summed E-state index contributed by atoms with van der Waals surface area (Å²) in [5.74, 6) is -1.74. The number of aromatic hydroxyl groups is 2. The normalized spacial score (nSPS) is 19.2. The van der Waals surface area contributed by atoms with Gasteiger partial charge in [-0.05, 0) is 57.1 Å². The van der Waals surface area contributed by atoms with Gasteiger partial charge in [0.25, 0.3) is 10.0 Å². The summed E-state index contributed by atoms with van der Waals surface area (Å²) in [6.45, 7) is 14.9. The van der Waals surface area contributed by atoms with Crippen molar-refractivity contribution in [3.05, 3.63) is 41.0 Å². The number of allylic oxidation sites excluding steroid dienone is 3. The van der Waals surface area contributed by atoms with Crippen molar-refractivity contribution in [3.8, 4) is 11.5 Å². The fraction of sp³-hybridized carbons (Fsp3) is 0.577. The number of hydrogen-bond donors (Lipinski definition) is 3. The van der Waals surface area contributed by atoms with Crippen LogP contribution in [-0.2, 0) is 21.2 Å². The van der Waals surface area contributed by atoms with Crippen molar-refractivity contribution in [1.29, 1.82) is 0 Å². The molecule has 0 fully saturated rings. The molecule has 0 heterocycles. The van der Waals surface area contributed by atoms with Gasteiger partial charge in [0.15, 0.2) is 0 Å². The highest BCUT2D eigenvalue weighted by Gasteiger charge is 2.36. The molecule has 7 heteroatoms. The Morgan fingerprint density at radius 2 is 1.88 bits per heavy atom. The summed E-state index contributed by atoms with van der Waals surface area (Å²) < 4.78 is 28.9. The Morgan fingerprint density at radius 1 is 1.24 bits per heavy atom. The van der Waals surface area contributed by atoms with E-state index < -0.39 is 33.0 Å². The number of sulfonamides is 1. The molecule has 1 aliphatic carbocycles. The van der Waals surface area contributed by atoms with Crippen molar-refractivity contribution >= 4 is 15.9 Å². The summed E-state index contributed by atoms with van der Waals surface area (Å²) in [6, 6.07) is 1.44. The summed E-state index contributed by atoms with van der Waals surface area (Å²) in [6.07, 6.45) is 6.50. The minimum Gasteiger partial charge on any atom is -0.507 e. The van der Waals surface area contributed by atoms with Gasteiger partial charge in [0.1, 0.15) is 16.4 Å². The number of carbonyl (C=O) groups is 1. The fourth-order valence-corrected chi connectivity index (χ4v) is 5.84. The number of aryl methyl sites for hydroxylation is 1. The number of benzene rings is 1. The lowest BCUT2D eigenvalue weighted by Crippen LogP contribution is -2.39. The quantitative estimate of drug-likeness (QED) is 0.329. The van der Waals surface area contributed by atoms with Crippen LogP contribution < -0.4 is 4.72 Å². The Balaban J connectivity index is 2.74. The molecule has 1 aromatic carbocycles. The van der Waals surface area contributed by atoms with Gasteiger partial charge in [0, 0.05) is 16.9 Å². The van der Waals surface area contributed by atoms with E-state index in [2.05, 4.69) is 11.3 Å². The summed E-state index contributed by atoms with van der Waals surface area (Å²) in [7, 11) is -4.37. The first kappa shape index (κ1) is 27.0. The van der Waals surface area contributed by atoms with Crippen molar-refractivity contribution < 1.29 is 23.4 Å². The molecule has 0 aliphatic heterocycles. The zero-order chi connectivity index (χ0) is 25.1. The molecule has 0 saturated heterocycles. The Labute approximate surface area is 198 Å². The van der Waals surface area contributed by atoms with Gasteiger partial charge in [-0.2, -0.15) is 0 Å². The smallest absolute Gasteiger partial charge is 0.268 e. The topological polar surface area (TPSA) is 104 Å². The molecule has 1 amide bonds. The van der Waals surface area contributed by atoms with Gasteiger partial charge in [-0.1, -0.05) is 64.3 Å². The predicted octanol–water partition coefficient (Wildman–Crippen LogP) is 5.70. The third-order valence-corrected chi connectivity index (χ3v) is 7.74. The molecular weight excluding hydrogens is 438 g/mol. The van der Waals surface area contributed by atoms with Crippen LogP contribution in [0.15, 0.2) is 34.8 Å². The van der Waals surface area contributed by atoms with E-state index in [1.807, 2.05) is 26.8 Å². The Hall–Kier alpha value is -2.28. The van der Waals surface area contributed by atoms with Gasteiger partial charge in [0.05, 0.1) is 0 Å². The van der Waals surface area contributed by atoms with Crippen LogP contribution in [0.5, 0.6) is 11.5 Å². The van der Waals surface area contributed by atoms with E-state index in [4.69, 9.17) is 0 Å². The molecule has 184 valence electrons. The first-order chi connectivity index (χ1) is 15.2. The molecule has 6 nitrogen and oxygen atoms in total. The molecule has 0 saturated carbocycles. The molecule has 0 spiro atoms. The number of phenols is 2. The molecular formula is C26H39NO5S. The third kappa shape index (κ3) is 6.19. The SMILES string of the molecule is C=C(C)[C@@H]1CCC(C)=C[C@H]1c1c(O)cc(CCCCC)c(S(=O)(=O)NC(=O)C(C)(C)C)c1O. The van der Waals surface area contributed by atoms with E-state index in [1.54, 1.807) is 20.8 Å². The first-order valence-corrected chi connectivity index (χ1v) is 13.2.